The number of likely N-dealkylation sites (tertiary alicyclic amines) is 3. The number of hydrogen-bond acceptors (Lipinski definition) is 9. The lowest BCUT2D eigenvalue weighted by Gasteiger charge is -2.43. The van der Waals surface area contributed by atoms with Crippen LogP contribution in [0.3, 0.4) is 0 Å². The van der Waals surface area contributed by atoms with Crippen LogP contribution in [-0.4, -0.2) is 124 Å². The number of Topliss-reactive ketones (excluding diaryl/α,β-unsaturated/α-hetero) is 1. The fraction of sp³-hybridized carbons (Fsp3) is 0.471. The van der Waals surface area contributed by atoms with Crippen molar-refractivity contribution < 1.29 is 18.7 Å². The van der Waals surface area contributed by atoms with Crippen molar-refractivity contribution in [3.05, 3.63) is 126 Å². The monoisotopic (exact) mass is 809 g/mol. The van der Waals surface area contributed by atoms with Crippen molar-refractivity contribution >= 4 is 22.4 Å². The lowest BCUT2D eigenvalue weighted by molar-refractivity contribution is -0.123. The molecule has 5 aromatic rings. The minimum Gasteiger partial charge on any atom is -0.492 e. The molecule has 0 N–H and O–H groups in total. The first-order valence-electron chi connectivity index (χ1n) is 22.4. The molecular weight excluding hydrogens is 747 g/mol. The second-order valence-electron chi connectivity index (χ2n) is 18.1. The number of ether oxygens (including phenoxy) is 2. The van der Waals surface area contributed by atoms with E-state index in [0.29, 0.717) is 36.2 Å². The zero-order valence-corrected chi connectivity index (χ0v) is 36.1. The molecule has 1 aromatic heterocycles. The Hall–Kier alpha value is -4.67. The number of benzene rings is 4. The molecule has 9 heteroatoms. The quantitative estimate of drug-likeness (QED) is 0.167. The Bertz CT molecular complexity index is 2230. The van der Waals surface area contributed by atoms with Crippen molar-refractivity contribution in [3.63, 3.8) is 0 Å². The van der Waals surface area contributed by atoms with Crippen LogP contribution in [0.2, 0.25) is 0 Å². The Morgan fingerprint density at radius 1 is 0.633 bits per heavy atom. The Morgan fingerprint density at radius 3 is 2.12 bits per heavy atom. The van der Waals surface area contributed by atoms with E-state index in [2.05, 4.69) is 138 Å². The number of fused-ring (bicyclic) bond motifs is 9. The minimum absolute atomic E-state index is 0.214. The van der Waals surface area contributed by atoms with Crippen LogP contribution >= 0.6 is 0 Å². The number of rotatable bonds is 1. The van der Waals surface area contributed by atoms with Gasteiger partial charge in [-0.15, -0.1) is 0 Å². The van der Waals surface area contributed by atoms with Gasteiger partial charge in [-0.25, -0.2) is 0 Å². The molecule has 2 unspecified atom stereocenters. The summed E-state index contributed by atoms with van der Waals surface area (Å²) in [5, 5.41) is 1.30. The SMILES string of the molecule is CN1CCC2(CC1)C(=O)CCN2c1ccccc1.CN1CCC2c3ccccc3OCC21.CN1CC[C@@H]2c3ccccc3O[C@@H]2C1.CN1CCc2c(oc3ccccc23)C1. The number of likely N-dealkylation sites (N-methyl/N-ethyl adjacent to an activating group) is 3. The minimum atomic E-state index is -0.214. The van der Waals surface area contributed by atoms with Crippen LogP contribution in [0.1, 0.15) is 66.4 Å². The summed E-state index contributed by atoms with van der Waals surface area (Å²) in [6.07, 6.45) is 6.67. The fourth-order valence-corrected chi connectivity index (χ4v) is 10.8. The summed E-state index contributed by atoms with van der Waals surface area (Å²) in [4.78, 5) is 24.1. The van der Waals surface area contributed by atoms with Crippen LogP contribution in [0.4, 0.5) is 5.69 Å². The number of carbonyl (C=O) groups excluding carboxylic acids is 1. The molecule has 0 aliphatic carbocycles. The molecule has 1 spiro atoms. The van der Waals surface area contributed by atoms with E-state index >= 15 is 0 Å². The van der Waals surface area contributed by atoms with Crippen molar-refractivity contribution in [2.75, 3.05) is 85.5 Å². The lowest BCUT2D eigenvalue weighted by atomic mass is 9.84. The van der Waals surface area contributed by atoms with Gasteiger partial charge < -0.3 is 28.6 Å². The molecule has 60 heavy (non-hydrogen) atoms. The van der Waals surface area contributed by atoms with E-state index in [1.54, 1.807) is 0 Å². The maximum atomic E-state index is 12.4. The smallest absolute Gasteiger partial charge is 0.160 e. The molecule has 4 aromatic carbocycles. The zero-order valence-electron chi connectivity index (χ0n) is 36.1. The van der Waals surface area contributed by atoms with Crippen molar-refractivity contribution in [2.45, 2.75) is 74.6 Å². The number of piperidine rings is 2. The molecule has 0 saturated carbocycles. The summed E-state index contributed by atoms with van der Waals surface area (Å²) in [5.41, 5.74) is 6.27. The zero-order chi connectivity index (χ0) is 41.2. The summed E-state index contributed by atoms with van der Waals surface area (Å²) < 4.78 is 17.5. The van der Waals surface area contributed by atoms with Gasteiger partial charge in [-0.1, -0.05) is 72.8 Å². The highest BCUT2D eigenvalue weighted by molar-refractivity contribution is 5.95. The predicted molar refractivity (Wildman–Crippen MR) is 241 cm³/mol. The molecule has 0 amide bonds. The Labute approximate surface area is 356 Å². The van der Waals surface area contributed by atoms with Crippen molar-refractivity contribution in [2.24, 2.45) is 0 Å². The van der Waals surface area contributed by atoms with Crippen LogP contribution in [-0.2, 0) is 17.8 Å². The third-order valence-corrected chi connectivity index (χ3v) is 14.3. The number of ketones is 1. The van der Waals surface area contributed by atoms with Gasteiger partial charge in [-0.05, 0) is 109 Å². The van der Waals surface area contributed by atoms with Gasteiger partial charge in [-0.3, -0.25) is 14.6 Å². The van der Waals surface area contributed by atoms with Crippen molar-refractivity contribution in [1.29, 1.82) is 0 Å². The molecule has 0 radical (unpaired) electrons. The van der Waals surface area contributed by atoms with Crippen molar-refractivity contribution in [3.8, 4) is 11.5 Å². The summed E-state index contributed by atoms with van der Waals surface area (Å²) in [7, 11) is 8.64. The molecule has 4 saturated heterocycles. The molecule has 7 aliphatic heterocycles. The van der Waals surface area contributed by atoms with E-state index in [1.807, 2.05) is 18.2 Å². The Balaban J connectivity index is 0.000000103. The molecule has 8 heterocycles. The van der Waals surface area contributed by atoms with Gasteiger partial charge in [-0.2, -0.15) is 0 Å². The highest BCUT2D eigenvalue weighted by Gasteiger charge is 2.49. The number of nitrogens with zero attached hydrogens (tertiary/aromatic N) is 5. The standard InChI is InChI=1S/C15H20N2O.2C12H15NO.C12H13NO/c1-16-11-8-15(9-12-16)14(18)7-10-17(15)13-5-3-2-4-6-13;1-13-7-6-9-10-4-2-3-5-12(10)14-8-11(9)13;2*1-13-7-6-10-9-4-2-3-5-11(9)14-12(10)8-13/h2-6H,7-12H2,1H3;2-5,9,11H,6-8H2,1H3;2-5,10,12H,6-8H2,1H3;2-5H,6-8H2,1H3/t;;10-,12-;/m..1./s1. The summed E-state index contributed by atoms with van der Waals surface area (Å²) in [6.45, 7) is 9.33. The van der Waals surface area contributed by atoms with Gasteiger partial charge in [0.2, 0.25) is 0 Å². The van der Waals surface area contributed by atoms with Gasteiger partial charge in [0.05, 0.1) is 12.6 Å². The van der Waals surface area contributed by atoms with Crippen LogP contribution in [0, 0.1) is 0 Å². The average Bonchev–Trinajstić information content (AvgIpc) is 4.04. The van der Waals surface area contributed by atoms with Gasteiger partial charge in [0.15, 0.2) is 5.78 Å². The van der Waals surface area contributed by atoms with Crippen LogP contribution in [0.5, 0.6) is 11.5 Å². The van der Waals surface area contributed by atoms with Gasteiger partial charge in [0.1, 0.15) is 41.1 Å². The number of hydrogen-bond donors (Lipinski definition) is 0. The van der Waals surface area contributed by atoms with Gasteiger partial charge >= 0.3 is 0 Å². The van der Waals surface area contributed by atoms with E-state index in [0.717, 1.165) is 88.0 Å². The number of anilines is 1. The first-order chi connectivity index (χ1) is 29.3. The van der Waals surface area contributed by atoms with Crippen LogP contribution < -0.4 is 14.4 Å². The third kappa shape index (κ3) is 8.22. The van der Waals surface area contributed by atoms with E-state index < -0.39 is 0 Å². The number of carbonyl (C=O) groups is 1. The molecule has 9 nitrogen and oxygen atoms in total. The molecule has 4 atom stereocenters. The molecule has 316 valence electrons. The normalized spacial score (nSPS) is 25.5. The summed E-state index contributed by atoms with van der Waals surface area (Å²) in [5.74, 6) is 5.15. The molecule has 7 aliphatic rings. The average molecular weight is 810 g/mol. The first-order valence-corrected chi connectivity index (χ1v) is 22.4. The molecule has 12 rings (SSSR count). The number of para-hydroxylation sites is 4. The first kappa shape index (κ1) is 40.7. The van der Waals surface area contributed by atoms with E-state index in [-0.39, 0.29) is 5.54 Å². The maximum Gasteiger partial charge on any atom is 0.160 e. The highest BCUT2D eigenvalue weighted by Crippen LogP contribution is 2.43. The predicted octanol–water partition coefficient (Wildman–Crippen LogP) is 8.08. The number of furan rings is 1. The third-order valence-electron chi connectivity index (χ3n) is 14.3. The van der Waals surface area contributed by atoms with E-state index in [1.165, 1.54) is 53.7 Å². The largest absolute Gasteiger partial charge is 0.492 e. The van der Waals surface area contributed by atoms with Gasteiger partial charge in [0, 0.05) is 73.2 Å². The molecule has 0 bridgehead atoms. The topological polar surface area (TPSA) is 64.9 Å². The maximum absolute atomic E-state index is 12.4. The fourth-order valence-electron chi connectivity index (χ4n) is 10.8. The van der Waals surface area contributed by atoms with Gasteiger partial charge in [0.25, 0.3) is 0 Å². The molecule has 4 fully saturated rings. The Morgan fingerprint density at radius 2 is 1.32 bits per heavy atom. The Kier molecular flexibility index (Phi) is 12.0. The summed E-state index contributed by atoms with van der Waals surface area (Å²) >= 11 is 0. The second-order valence-corrected chi connectivity index (χ2v) is 18.1. The van der Waals surface area contributed by atoms with Crippen LogP contribution in [0.25, 0.3) is 11.0 Å². The second kappa shape index (κ2) is 17.7. The summed E-state index contributed by atoms with van der Waals surface area (Å²) in [6, 6.07) is 36.2. The highest BCUT2D eigenvalue weighted by atomic mass is 16.5. The van der Waals surface area contributed by atoms with Crippen molar-refractivity contribution in [1.82, 2.24) is 19.6 Å². The molecular formula is C51H63N5O4. The van der Waals surface area contributed by atoms with Crippen LogP contribution in [0.15, 0.2) is 108 Å². The van der Waals surface area contributed by atoms with E-state index in [4.69, 9.17) is 13.9 Å². The lowest BCUT2D eigenvalue weighted by Crippen LogP contribution is -2.55. The van der Waals surface area contributed by atoms with E-state index in [9.17, 15) is 4.79 Å².